The van der Waals surface area contributed by atoms with Crippen LogP contribution in [0.2, 0.25) is 0 Å². The van der Waals surface area contributed by atoms with Crippen LogP contribution >= 0.6 is 0 Å². The van der Waals surface area contributed by atoms with Crippen LogP contribution in [0, 0.1) is 0 Å². The maximum absolute atomic E-state index is 11.8. The summed E-state index contributed by atoms with van der Waals surface area (Å²) in [7, 11) is -3.15. The van der Waals surface area contributed by atoms with Crippen LogP contribution in [0.25, 0.3) is 0 Å². The lowest BCUT2D eigenvalue weighted by Crippen LogP contribution is -2.27. The second-order valence-electron chi connectivity index (χ2n) is 4.10. The Morgan fingerprint density at radius 1 is 1.56 bits per heavy atom. The van der Waals surface area contributed by atoms with E-state index in [0.29, 0.717) is 26.3 Å². The lowest BCUT2D eigenvalue weighted by Gasteiger charge is -2.14. The summed E-state index contributed by atoms with van der Waals surface area (Å²) in [5.41, 5.74) is 2.58. The molecule has 1 aliphatic rings. The highest BCUT2D eigenvalue weighted by molar-refractivity contribution is 7.89. The molecule has 0 fully saturated rings. The number of rotatable bonds is 6. The van der Waals surface area contributed by atoms with Gasteiger partial charge in [-0.1, -0.05) is 6.08 Å². The number of sulfonamides is 1. The topological polar surface area (TPSA) is 75.3 Å². The first-order valence-corrected chi connectivity index (χ1v) is 7.41. The number of H-pyrrole nitrogens is 1. The third-order valence-corrected chi connectivity index (χ3v) is 4.71. The summed E-state index contributed by atoms with van der Waals surface area (Å²) in [5, 5.41) is 7.02. The largest absolute Gasteiger partial charge is 0.371 e. The smallest absolute Gasteiger partial charge is 0.214 e. The van der Waals surface area contributed by atoms with Gasteiger partial charge in [-0.15, -0.1) is 6.58 Å². The highest BCUT2D eigenvalue weighted by Gasteiger charge is 2.31. The fourth-order valence-corrected chi connectivity index (χ4v) is 2.92. The van der Waals surface area contributed by atoms with Gasteiger partial charge in [-0.3, -0.25) is 5.10 Å². The van der Waals surface area contributed by atoms with Crippen LogP contribution in [-0.2, 0) is 34.5 Å². The van der Waals surface area contributed by atoms with Gasteiger partial charge in [0.2, 0.25) is 10.0 Å². The van der Waals surface area contributed by atoms with Crippen molar-refractivity contribution in [1.82, 2.24) is 14.5 Å². The Bertz CT molecular complexity index is 536. The second kappa shape index (κ2) is 5.21. The minimum atomic E-state index is -3.15. The van der Waals surface area contributed by atoms with Crippen LogP contribution in [0.4, 0.5) is 0 Å². The quantitative estimate of drug-likeness (QED) is 0.613. The van der Waals surface area contributed by atoms with Crippen molar-refractivity contribution in [3.8, 4) is 0 Å². The third kappa shape index (κ3) is 2.47. The number of nitrogens with zero attached hydrogens (tertiary/aromatic N) is 2. The van der Waals surface area contributed by atoms with Crippen molar-refractivity contribution in [2.75, 3.05) is 12.4 Å². The van der Waals surface area contributed by atoms with Crippen molar-refractivity contribution in [3.63, 3.8) is 0 Å². The van der Waals surface area contributed by atoms with Gasteiger partial charge in [0.15, 0.2) is 0 Å². The maximum atomic E-state index is 11.8. The van der Waals surface area contributed by atoms with Crippen molar-refractivity contribution < 1.29 is 13.2 Å². The predicted molar refractivity (Wildman–Crippen MR) is 67.1 cm³/mol. The molecule has 1 N–H and O–H groups in total. The molecular formula is C11H17N3O3S. The Labute approximate surface area is 107 Å². The van der Waals surface area contributed by atoms with Gasteiger partial charge in [-0.25, -0.2) is 8.42 Å². The van der Waals surface area contributed by atoms with Gasteiger partial charge in [0.1, 0.15) is 0 Å². The predicted octanol–water partition coefficient (Wildman–Crippen LogP) is 0.778. The molecule has 0 radical (unpaired) electrons. The molecule has 2 rings (SSSR count). The molecule has 1 aromatic rings. The molecule has 0 spiro atoms. The van der Waals surface area contributed by atoms with Crippen molar-refractivity contribution in [1.29, 1.82) is 0 Å². The van der Waals surface area contributed by atoms with Crippen molar-refractivity contribution >= 4 is 10.0 Å². The summed E-state index contributed by atoms with van der Waals surface area (Å²) in [6.07, 6.45) is 1.67. The highest BCUT2D eigenvalue weighted by atomic mass is 32.2. The van der Waals surface area contributed by atoms with Crippen molar-refractivity contribution in [3.05, 3.63) is 29.6 Å². The summed E-state index contributed by atoms with van der Waals surface area (Å²) in [4.78, 5) is 0. The number of ether oxygens (including phenoxy) is 1. The summed E-state index contributed by atoms with van der Waals surface area (Å²) in [6, 6.07) is 0. The van der Waals surface area contributed by atoms with E-state index in [2.05, 4.69) is 16.8 Å². The van der Waals surface area contributed by atoms with Crippen LogP contribution in [0.3, 0.4) is 0 Å². The van der Waals surface area contributed by atoms with E-state index in [0.717, 1.165) is 17.0 Å². The van der Waals surface area contributed by atoms with E-state index in [1.807, 2.05) is 0 Å². The number of aromatic nitrogens is 2. The summed E-state index contributed by atoms with van der Waals surface area (Å²) >= 11 is 0. The van der Waals surface area contributed by atoms with Crippen molar-refractivity contribution in [2.45, 2.75) is 26.6 Å². The Morgan fingerprint density at radius 3 is 3.00 bits per heavy atom. The van der Waals surface area contributed by atoms with Crippen LogP contribution in [0.15, 0.2) is 12.7 Å². The van der Waals surface area contributed by atoms with E-state index < -0.39 is 10.0 Å². The van der Waals surface area contributed by atoms with Crippen LogP contribution < -0.4 is 0 Å². The molecule has 1 aromatic heterocycles. The molecule has 6 nitrogen and oxygen atoms in total. The number of aromatic amines is 1. The molecule has 2 heterocycles. The summed E-state index contributed by atoms with van der Waals surface area (Å²) in [6.45, 7) is 6.80. The number of nitrogens with one attached hydrogen (secondary N) is 1. The zero-order valence-corrected chi connectivity index (χ0v) is 11.2. The normalized spacial score (nSPS) is 15.8. The maximum Gasteiger partial charge on any atom is 0.214 e. The highest BCUT2D eigenvalue weighted by Crippen LogP contribution is 2.26. The number of hydrogen-bond donors (Lipinski definition) is 1. The average Bonchev–Trinajstić information content (AvgIpc) is 2.91. The van der Waals surface area contributed by atoms with E-state index in [9.17, 15) is 8.42 Å². The standard InChI is InChI=1S/C11H17N3O3S/c1-3-5-17-8-11-9-6-14(18(15,16)4-2)7-10(9)12-13-11/h3H,1,4-8H2,2H3,(H,12,13). The Morgan fingerprint density at radius 2 is 2.33 bits per heavy atom. The van der Waals surface area contributed by atoms with E-state index >= 15 is 0 Å². The number of fused-ring (bicyclic) bond motifs is 1. The lowest BCUT2D eigenvalue weighted by molar-refractivity contribution is 0.145. The number of hydrogen-bond acceptors (Lipinski definition) is 4. The van der Waals surface area contributed by atoms with Gasteiger partial charge < -0.3 is 4.74 Å². The first-order valence-electron chi connectivity index (χ1n) is 5.80. The molecule has 0 aromatic carbocycles. The first-order chi connectivity index (χ1) is 8.58. The van der Waals surface area contributed by atoms with Gasteiger partial charge in [-0.2, -0.15) is 9.40 Å². The molecule has 0 bridgehead atoms. The van der Waals surface area contributed by atoms with Crippen LogP contribution in [0.5, 0.6) is 0 Å². The molecule has 7 heteroatoms. The van der Waals surface area contributed by atoms with Gasteiger partial charge in [0.05, 0.1) is 36.9 Å². The third-order valence-electron chi connectivity index (χ3n) is 2.94. The first kappa shape index (κ1) is 13.3. The zero-order chi connectivity index (χ0) is 13.2. The SMILES string of the molecule is C=CCOCc1n[nH]c2c1CN(S(=O)(=O)CC)C2. The summed E-state index contributed by atoms with van der Waals surface area (Å²) < 4.78 is 30.4. The Kier molecular flexibility index (Phi) is 3.84. The van der Waals surface area contributed by atoms with E-state index in [-0.39, 0.29) is 5.75 Å². The molecule has 0 amide bonds. The van der Waals surface area contributed by atoms with Gasteiger partial charge in [-0.05, 0) is 6.92 Å². The molecule has 0 saturated heterocycles. The van der Waals surface area contributed by atoms with E-state index in [4.69, 9.17) is 4.74 Å². The summed E-state index contributed by atoms with van der Waals surface area (Å²) in [5.74, 6) is 0.118. The molecule has 18 heavy (non-hydrogen) atoms. The van der Waals surface area contributed by atoms with Gasteiger partial charge in [0.25, 0.3) is 0 Å². The van der Waals surface area contributed by atoms with E-state index in [1.165, 1.54) is 4.31 Å². The van der Waals surface area contributed by atoms with Gasteiger partial charge in [0, 0.05) is 12.1 Å². The fourth-order valence-electron chi connectivity index (χ4n) is 1.91. The average molecular weight is 271 g/mol. The van der Waals surface area contributed by atoms with Crippen molar-refractivity contribution in [2.24, 2.45) is 0 Å². The molecule has 0 atom stereocenters. The minimum Gasteiger partial charge on any atom is -0.371 e. The molecular weight excluding hydrogens is 254 g/mol. The lowest BCUT2D eigenvalue weighted by atomic mass is 10.2. The van der Waals surface area contributed by atoms with E-state index in [1.54, 1.807) is 13.0 Å². The molecule has 0 unspecified atom stereocenters. The minimum absolute atomic E-state index is 0.118. The fraction of sp³-hybridized carbons (Fsp3) is 0.545. The molecule has 0 aliphatic carbocycles. The molecule has 100 valence electrons. The monoisotopic (exact) mass is 271 g/mol. The van der Waals surface area contributed by atoms with Gasteiger partial charge >= 0.3 is 0 Å². The molecule has 0 saturated carbocycles. The molecule has 1 aliphatic heterocycles. The van der Waals surface area contributed by atoms with Crippen LogP contribution in [0.1, 0.15) is 23.9 Å². The zero-order valence-electron chi connectivity index (χ0n) is 10.3. The second-order valence-corrected chi connectivity index (χ2v) is 6.36. The Hall–Kier alpha value is -1.18. The Balaban J connectivity index is 2.09. The van der Waals surface area contributed by atoms with Crippen LogP contribution in [-0.4, -0.2) is 35.3 Å².